The Bertz CT molecular complexity index is 352. The van der Waals surface area contributed by atoms with Gasteiger partial charge in [-0.25, -0.2) is 0 Å². The summed E-state index contributed by atoms with van der Waals surface area (Å²) >= 11 is 0. The zero-order valence-corrected chi connectivity index (χ0v) is 10.6. The first-order valence-corrected chi connectivity index (χ1v) is 6.64. The zero-order chi connectivity index (χ0) is 12.1. The van der Waals surface area contributed by atoms with Crippen molar-refractivity contribution in [1.82, 2.24) is 0 Å². The molecule has 0 aliphatic carbocycles. The van der Waals surface area contributed by atoms with Crippen LogP contribution in [-0.2, 0) is 16.8 Å². The van der Waals surface area contributed by atoms with E-state index in [1.165, 1.54) is 5.56 Å². The van der Waals surface area contributed by atoms with Crippen LogP contribution in [0.5, 0.6) is 0 Å². The number of aliphatic hydroxyl groups is 1. The Hall–Kier alpha value is -0.860. The molecule has 2 rings (SSSR count). The second kappa shape index (κ2) is 5.65. The molecule has 1 saturated heterocycles. The van der Waals surface area contributed by atoms with Gasteiger partial charge in [-0.05, 0) is 30.4 Å². The van der Waals surface area contributed by atoms with Gasteiger partial charge in [0, 0.05) is 19.6 Å². The van der Waals surface area contributed by atoms with Gasteiger partial charge in [0.05, 0.1) is 5.60 Å². The number of hydrogen-bond acceptors (Lipinski definition) is 2. The summed E-state index contributed by atoms with van der Waals surface area (Å²) in [6.45, 7) is 3.62. The third-order valence-corrected chi connectivity index (χ3v) is 3.54. The van der Waals surface area contributed by atoms with E-state index in [0.29, 0.717) is 13.0 Å². The van der Waals surface area contributed by atoms with Crippen molar-refractivity contribution in [1.29, 1.82) is 0 Å². The SMILES string of the molecule is CCCc1cccc(C2(O)CCCOCC2)c1. The molecule has 1 fully saturated rings. The lowest BCUT2D eigenvalue weighted by atomic mass is 9.86. The molecule has 1 aliphatic heterocycles. The molecule has 94 valence electrons. The van der Waals surface area contributed by atoms with Crippen molar-refractivity contribution in [3.05, 3.63) is 35.4 Å². The average molecular weight is 234 g/mol. The third kappa shape index (κ3) is 3.08. The molecule has 2 heteroatoms. The molecule has 1 aliphatic rings. The minimum atomic E-state index is -0.680. The lowest BCUT2D eigenvalue weighted by Crippen LogP contribution is -2.26. The number of ether oxygens (including phenoxy) is 1. The largest absolute Gasteiger partial charge is 0.385 e. The molecular formula is C15H22O2. The Morgan fingerprint density at radius 1 is 1.29 bits per heavy atom. The van der Waals surface area contributed by atoms with Crippen LogP contribution in [0, 0.1) is 0 Å². The van der Waals surface area contributed by atoms with Crippen LogP contribution in [0.4, 0.5) is 0 Å². The standard InChI is InChI=1S/C15H22O2/c1-2-5-13-6-3-7-14(12-13)15(16)8-4-10-17-11-9-15/h3,6-7,12,16H,2,4-5,8-11H2,1H3. The van der Waals surface area contributed by atoms with Crippen molar-refractivity contribution in [3.63, 3.8) is 0 Å². The summed E-state index contributed by atoms with van der Waals surface area (Å²) in [5.74, 6) is 0. The summed E-state index contributed by atoms with van der Waals surface area (Å²) in [6.07, 6.45) is 4.69. The summed E-state index contributed by atoms with van der Waals surface area (Å²) < 4.78 is 5.43. The number of benzene rings is 1. The minimum Gasteiger partial charge on any atom is -0.385 e. The molecule has 0 bridgehead atoms. The topological polar surface area (TPSA) is 29.5 Å². The molecule has 1 heterocycles. The Morgan fingerprint density at radius 2 is 2.18 bits per heavy atom. The van der Waals surface area contributed by atoms with Gasteiger partial charge in [0.25, 0.3) is 0 Å². The number of rotatable bonds is 3. The predicted molar refractivity (Wildman–Crippen MR) is 69.0 cm³/mol. The zero-order valence-electron chi connectivity index (χ0n) is 10.6. The molecule has 1 atom stereocenters. The van der Waals surface area contributed by atoms with Gasteiger partial charge < -0.3 is 9.84 Å². The van der Waals surface area contributed by atoms with Crippen molar-refractivity contribution >= 4 is 0 Å². The Balaban J connectivity index is 2.21. The second-order valence-electron chi connectivity index (χ2n) is 4.95. The highest BCUT2D eigenvalue weighted by molar-refractivity contribution is 5.28. The smallest absolute Gasteiger partial charge is 0.0919 e. The maximum absolute atomic E-state index is 10.7. The van der Waals surface area contributed by atoms with Gasteiger partial charge in [-0.3, -0.25) is 0 Å². The molecule has 1 unspecified atom stereocenters. The monoisotopic (exact) mass is 234 g/mol. The summed E-state index contributed by atoms with van der Waals surface area (Å²) in [4.78, 5) is 0. The lowest BCUT2D eigenvalue weighted by molar-refractivity contribution is 0.0143. The van der Waals surface area contributed by atoms with Crippen molar-refractivity contribution in [3.8, 4) is 0 Å². The van der Waals surface area contributed by atoms with Crippen LogP contribution in [0.3, 0.4) is 0 Å². The summed E-state index contributed by atoms with van der Waals surface area (Å²) in [5, 5.41) is 10.7. The first-order valence-electron chi connectivity index (χ1n) is 6.64. The molecule has 2 nitrogen and oxygen atoms in total. The highest BCUT2D eigenvalue weighted by Gasteiger charge is 2.30. The van der Waals surface area contributed by atoms with Crippen LogP contribution in [0.25, 0.3) is 0 Å². The molecule has 0 saturated carbocycles. The predicted octanol–water partition coefficient (Wildman–Crippen LogP) is 3.03. The van der Waals surface area contributed by atoms with Gasteiger partial charge in [0.1, 0.15) is 0 Å². The molecule has 0 aromatic heterocycles. The molecule has 1 N–H and O–H groups in total. The van der Waals surface area contributed by atoms with E-state index in [0.717, 1.165) is 37.9 Å². The average Bonchev–Trinajstić information content (AvgIpc) is 2.56. The van der Waals surface area contributed by atoms with Crippen molar-refractivity contribution < 1.29 is 9.84 Å². The van der Waals surface area contributed by atoms with Gasteiger partial charge >= 0.3 is 0 Å². The van der Waals surface area contributed by atoms with Crippen molar-refractivity contribution in [2.45, 2.75) is 44.6 Å². The highest BCUT2D eigenvalue weighted by atomic mass is 16.5. The van der Waals surface area contributed by atoms with Crippen LogP contribution in [0.1, 0.15) is 43.7 Å². The number of aryl methyl sites for hydroxylation is 1. The van der Waals surface area contributed by atoms with E-state index in [1.807, 2.05) is 6.07 Å². The normalized spacial score (nSPS) is 25.5. The van der Waals surface area contributed by atoms with E-state index in [1.54, 1.807) is 0 Å². The van der Waals surface area contributed by atoms with Crippen LogP contribution < -0.4 is 0 Å². The summed E-state index contributed by atoms with van der Waals surface area (Å²) in [5.41, 5.74) is 1.71. The van der Waals surface area contributed by atoms with Crippen LogP contribution in [0.15, 0.2) is 24.3 Å². The van der Waals surface area contributed by atoms with E-state index in [2.05, 4.69) is 25.1 Å². The fraction of sp³-hybridized carbons (Fsp3) is 0.600. The van der Waals surface area contributed by atoms with Crippen molar-refractivity contribution in [2.24, 2.45) is 0 Å². The Labute approximate surface area is 104 Å². The van der Waals surface area contributed by atoms with Gasteiger partial charge in [-0.1, -0.05) is 37.6 Å². The molecule has 1 aromatic carbocycles. The van der Waals surface area contributed by atoms with E-state index in [4.69, 9.17) is 4.74 Å². The van der Waals surface area contributed by atoms with Crippen molar-refractivity contribution in [2.75, 3.05) is 13.2 Å². The molecular weight excluding hydrogens is 212 g/mol. The maximum Gasteiger partial charge on any atom is 0.0919 e. The van der Waals surface area contributed by atoms with Crippen LogP contribution >= 0.6 is 0 Å². The quantitative estimate of drug-likeness (QED) is 0.871. The van der Waals surface area contributed by atoms with E-state index < -0.39 is 5.60 Å². The fourth-order valence-corrected chi connectivity index (χ4v) is 2.53. The first kappa shape index (κ1) is 12.6. The number of hydrogen-bond donors (Lipinski definition) is 1. The van der Waals surface area contributed by atoms with Crippen LogP contribution in [-0.4, -0.2) is 18.3 Å². The second-order valence-corrected chi connectivity index (χ2v) is 4.95. The third-order valence-electron chi connectivity index (χ3n) is 3.54. The minimum absolute atomic E-state index is 0.661. The van der Waals surface area contributed by atoms with Gasteiger partial charge in [0.15, 0.2) is 0 Å². The maximum atomic E-state index is 10.7. The van der Waals surface area contributed by atoms with E-state index in [-0.39, 0.29) is 0 Å². The van der Waals surface area contributed by atoms with Gasteiger partial charge in [-0.15, -0.1) is 0 Å². The summed E-state index contributed by atoms with van der Waals surface area (Å²) in [6, 6.07) is 8.41. The molecule has 0 radical (unpaired) electrons. The first-order chi connectivity index (χ1) is 8.24. The van der Waals surface area contributed by atoms with E-state index >= 15 is 0 Å². The molecule has 1 aromatic rings. The fourth-order valence-electron chi connectivity index (χ4n) is 2.53. The molecule has 17 heavy (non-hydrogen) atoms. The van der Waals surface area contributed by atoms with Crippen LogP contribution in [0.2, 0.25) is 0 Å². The van der Waals surface area contributed by atoms with Gasteiger partial charge in [-0.2, -0.15) is 0 Å². The Morgan fingerprint density at radius 3 is 3.00 bits per heavy atom. The highest BCUT2D eigenvalue weighted by Crippen LogP contribution is 2.32. The van der Waals surface area contributed by atoms with E-state index in [9.17, 15) is 5.11 Å². The Kier molecular flexibility index (Phi) is 4.19. The molecule has 0 spiro atoms. The molecule has 0 amide bonds. The summed E-state index contributed by atoms with van der Waals surface area (Å²) in [7, 11) is 0. The lowest BCUT2D eigenvalue weighted by Gasteiger charge is -2.27. The van der Waals surface area contributed by atoms with Gasteiger partial charge in [0.2, 0.25) is 0 Å².